The highest BCUT2D eigenvalue weighted by Gasteiger charge is 2.12. The van der Waals surface area contributed by atoms with E-state index in [0.717, 1.165) is 5.57 Å². The number of carbonyl (C=O) groups excluding carboxylic acids is 1. The maximum atomic E-state index is 11.8. The summed E-state index contributed by atoms with van der Waals surface area (Å²) in [6.07, 6.45) is 2.42. The van der Waals surface area contributed by atoms with Crippen molar-refractivity contribution in [2.45, 2.75) is 32.6 Å². The van der Waals surface area contributed by atoms with Crippen molar-refractivity contribution >= 4 is 5.97 Å². The quantitative estimate of drug-likeness (QED) is 0.273. The smallest absolute Gasteiger partial charge is 0.333 e. The van der Waals surface area contributed by atoms with Crippen LogP contribution in [-0.2, 0) is 14.3 Å². The van der Waals surface area contributed by atoms with Crippen molar-refractivity contribution in [2.75, 3.05) is 39.6 Å². The highest BCUT2D eigenvalue weighted by Crippen LogP contribution is 2.18. The second-order valence-corrected chi connectivity index (χ2v) is 4.35. The maximum absolute atomic E-state index is 11.8. The summed E-state index contributed by atoms with van der Waals surface area (Å²) in [6, 6.07) is 0. The van der Waals surface area contributed by atoms with Gasteiger partial charge >= 0.3 is 5.97 Å². The molecule has 6 nitrogen and oxygen atoms in total. The molecule has 0 unspecified atom stereocenters. The fourth-order valence-corrected chi connectivity index (χ4v) is 1.70. The average Bonchev–Trinajstić information content (AvgIpc) is 2.46. The molecule has 0 aromatic heterocycles. The molecule has 0 saturated carbocycles. The molecule has 0 fully saturated rings. The molecule has 0 aliphatic carbocycles. The van der Waals surface area contributed by atoms with Gasteiger partial charge in [-0.25, -0.2) is 4.79 Å². The Kier molecular flexibility index (Phi) is 12.4. The minimum atomic E-state index is -0.400. The van der Waals surface area contributed by atoms with E-state index in [-0.39, 0.29) is 39.6 Å². The standard InChI is InChI=1S/C14H26O6/c1-12(13(4-2-6-15)5-3-7-16)14(18)20-11-10-19-9-8-17/h15-17H,2-11H2,1H3. The van der Waals surface area contributed by atoms with Gasteiger partial charge in [0.25, 0.3) is 0 Å². The zero-order valence-electron chi connectivity index (χ0n) is 12.1. The minimum Gasteiger partial charge on any atom is -0.460 e. The van der Waals surface area contributed by atoms with Gasteiger partial charge in [-0.1, -0.05) is 5.57 Å². The second kappa shape index (κ2) is 13.1. The Balaban J connectivity index is 4.29. The van der Waals surface area contributed by atoms with Crippen molar-refractivity contribution in [3.63, 3.8) is 0 Å². The van der Waals surface area contributed by atoms with Crippen molar-refractivity contribution in [3.8, 4) is 0 Å². The first-order valence-corrected chi connectivity index (χ1v) is 6.93. The lowest BCUT2D eigenvalue weighted by Gasteiger charge is -2.11. The molecular weight excluding hydrogens is 264 g/mol. The van der Waals surface area contributed by atoms with E-state index >= 15 is 0 Å². The molecule has 0 atom stereocenters. The number of hydrogen-bond acceptors (Lipinski definition) is 6. The predicted molar refractivity (Wildman–Crippen MR) is 74.2 cm³/mol. The highest BCUT2D eigenvalue weighted by atomic mass is 16.6. The monoisotopic (exact) mass is 290 g/mol. The molecule has 3 N–H and O–H groups in total. The Morgan fingerprint density at radius 2 is 1.50 bits per heavy atom. The fourth-order valence-electron chi connectivity index (χ4n) is 1.70. The van der Waals surface area contributed by atoms with Gasteiger partial charge < -0.3 is 24.8 Å². The van der Waals surface area contributed by atoms with Gasteiger partial charge in [-0.2, -0.15) is 0 Å². The summed E-state index contributed by atoms with van der Waals surface area (Å²) < 4.78 is 10.1. The van der Waals surface area contributed by atoms with Crippen LogP contribution in [0.5, 0.6) is 0 Å². The number of aliphatic hydroxyl groups is 3. The van der Waals surface area contributed by atoms with Gasteiger partial charge in [-0.3, -0.25) is 0 Å². The van der Waals surface area contributed by atoms with Crippen molar-refractivity contribution in [1.29, 1.82) is 0 Å². The van der Waals surface area contributed by atoms with Crippen LogP contribution in [0, 0.1) is 0 Å². The largest absolute Gasteiger partial charge is 0.460 e. The van der Waals surface area contributed by atoms with Gasteiger partial charge in [-0.05, 0) is 32.6 Å². The third-order valence-electron chi connectivity index (χ3n) is 2.81. The zero-order valence-corrected chi connectivity index (χ0v) is 12.1. The average molecular weight is 290 g/mol. The number of ether oxygens (including phenoxy) is 2. The van der Waals surface area contributed by atoms with Crippen LogP contribution in [0.15, 0.2) is 11.1 Å². The molecule has 0 amide bonds. The Morgan fingerprint density at radius 3 is 2.00 bits per heavy atom. The fraction of sp³-hybridized carbons (Fsp3) is 0.786. The molecule has 0 saturated heterocycles. The Morgan fingerprint density at radius 1 is 0.900 bits per heavy atom. The summed E-state index contributed by atoms with van der Waals surface area (Å²) in [5.74, 6) is -0.400. The van der Waals surface area contributed by atoms with Gasteiger partial charge in [0.15, 0.2) is 0 Å². The topological polar surface area (TPSA) is 96.2 Å². The van der Waals surface area contributed by atoms with Crippen LogP contribution < -0.4 is 0 Å². The van der Waals surface area contributed by atoms with E-state index in [1.165, 1.54) is 0 Å². The zero-order chi connectivity index (χ0) is 15.2. The van der Waals surface area contributed by atoms with E-state index < -0.39 is 5.97 Å². The minimum absolute atomic E-state index is 0.0562. The van der Waals surface area contributed by atoms with E-state index in [1.807, 2.05) is 0 Å². The SMILES string of the molecule is CC(C(=O)OCCOCCO)=C(CCCO)CCCO. The van der Waals surface area contributed by atoms with Crippen molar-refractivity contribution in [1.82, 2.24) is 0 Å². The molecule has 0 aromatic rings. The second-order valence-electron chi connectivity index (χ2n) is 4.35. The van der Waals surface area contributed by atoms with E-state index in [4.69, 9.17) is 24.8 Å². The van der Waals surface area contributed by atoms with Crippen molar-refractivity contribution in [3.05, 3.63) is 11.1 Å². The Labute approximate surface area is 120 Å². The summed E-state index contributed by atoms with van der Waals surface area (Å²) in [5.41, 5.74) is 1.45. The molecule has 0 aromatic carbocycles. The molecule has 0 aliphatic rings. The number of hydrogen-bond donors (Lipinski definition) is 3. The summed E-state index contributed by atoms with van der Waals surface area (Å²) >= 11 is 0. The lowest BCUT2D eigenvalue weighted by molar-refractivity contribution is -0.140. The summed E-state index contributed by atoms with van der Waals surface area (Å²) in [7, 11) is 0. The molecule has 0 spiro atoms. The molecule has 0 radical (unpaired) electrons. The Hall–Kier alpha value is -0.950. The van der Waals surface area contributed by atoms with Crippen LogP contribution in [0.3, 0.4) is 0 Å². The van der Waals surface area contributed by atoms with Gasteiger partial charge in [0.1, 0.15) is 6.61 Å². The van der Waals surface area contributed by atoms with Crippen LogP contribution in [0.1, 0.15) is 32.6 Å². The first kappa shape index (κ1) is 19.1. The molecule has 20 heavy (non-hydrogen) atoms. The number of esters is 1. The van der Waals surface area contributed by atoms with Gasteiger partial charge in [-0.15, -0.1) is 0 Å². The predicted octanol–water partition coefficient (Wildman–Crippen LogP) is 0.400. The number of carbonyl (C=O) groups is 1. The van der Waals surface area contributed by atoms with Gasteiger partial charge in [0.05, 0.1) is 19.8 Å². The number of rotatable bonds is 12. The Bertz CT molecular complexity index is 277. The number of aliphatic hydroxyl groups excluding tert-OH is 3. The molecule has 0 heterocycles. The van der Waals surface area contributed by atoms with E-state index in [0.29, 0.717) is 31.3 Å². The van der Waals surface area contributed by atoms with Crippen molar-refractivity contribution in [2.24, 2.45) is 0 Å². The lowest BCUT2D eigenvalue weighted by atomic mass is 9.99. The first-order chi connectivity index (χ1) is 9.67. The summed E-state index contributed by atoms with van der Waals surface area (Å²) in [6.45, 7) is 2.40. The third kappa shape index (κ3) is 9.03. The van der Waals surface area contributed by atoms with Gasteiger partial charge in [0.2, 0.25) is 0 Å². The van der Waals surface area contributed by atoms with Crippen LogP contribution >= 0.6 is 0 Å². The maximum Gasteiger partial charge on any atom is 0.333 e. The lowest BCUT2D eigenvalue weighted by Crippen LogP contribution is -2.14. The summed E-state index contributed by atoms with van der Waals surface area (Å²) in [4.78, 5) is 11.8. The summed E-state index contributed by atoms with van der Waals surface area (Å²) in [5, 5.41) is 26.2. The number of allylic oxidation sites excluding steroid dienone is 1. The molecule has 118 valence electrons. The van der Waals surface area contributed by atoms with Crippen LogP contribution in [-0.4, -0.2) is 60.9 Å². The molecular formula is C14H26O6. The molecule has 0 rings (SSSR count). The van der Waals surface area contributed by atoms with Crippen LogP contribution in [0.2, 0.25) is 0 Å². The first-order valence-electron chi connectivity index (χ1n) is 6.93. The molecule has 0 aliphatic heterocycles. The van der Waals surface area contributed by atoms with Crippen LogP contribution in [0.25, 0.3) is 0 Å². The normalized spacial score (nSPS) is 10.4. The van der Waals surface area contributed by atoms with Crippen molar-refractivity contribution < 1.29 is 29.6 Å². The van der Waals surface area contributed by atoms with E-state index in [1.54, 1.807) is 6.92 Å². The van der Waals surface area contributed by atoms with Gasteiger partial charge in [0, 0.05) is 18.8 Å². The van der Waals surface area contributed by atoms with Crippen LogP contribution in [0.4, 0.5) is 0 Å². The van der Waals surface area contributed by atoms with E-state index in [9.17, 15) is 4.79 Å². The molecule has 0 bridgehead atoms. The highest BCUT2D eigenvalue weighted by molar-refractivity contribution is 5.88. The molecule has 6 heteroatoms. The van der Waals surface area contributed by atoms with E-state index in [2.05, 4.69) is 0 Å². The third-order valence-corrected chi connectivity index (χ3v) is 2.81.